The first-order valence-electron chi connectivity index (χ1n) is 12.9. The third-order valence-corrected chi connectivity index (χ3v) is 7.31. The molecule has 9 heteroatoms. The molecule has 6 rings (SSSR count). The summed E-state index contributed by atoms with van der Waals surface area (Å²) < 4.78 is 22.6. The Hall–Kier alpha value is -5.21. The zero-order chi connectivity index (χ0) is 29.4. The highest BCUT2D eigenvalue weighted by molar-refractivity contribution is 6.30. The molecule has 2 heterocycles. The Kier molecular flexibility index (Phi) is 7.06. The lowest BCUT2D eigenvalue weighted by molar-refractivity contribution is 0.296. The lowest BCUT2D eigenvalue weighted by Crippen LogP contribution is -2.21. The van der Waals surface area contributed by atoms with E-state index < -0.39 is 17.2 Å². The first-order chi connectivity index (χ1) is 20.4. The molecule has 0 radical (unpaired) electrons. The lowest BCUT2D eigenvalue weighted by Gasteiger charge is -2.21. The lowest BCUT2D eigenvalue weighted by atomic mass is 9.84. The van der Waals surface area contributed by atoms with Crippen molar-refractivity contribution in [2.75, 3.05) is 7.11 Å². The van der Waals surface area contributed by atoms with Crippen LogP contribution in [0.2, 0.25) is 5.02 Å². The zero-order valence-electron chi connectivity index (χ0n) is 22.2. The second-order valence-electron chi connectivity index (χ2n) is 9.54. The Labute approximate surface area is 243 Å². The predicted molar refractivity (Wildman–Crippen MR) is 158 cm³/mol. The van der Waals surface area contributed by atoms with Crippen molar-refractivity contribution < 1.29 is 28.5 Å². The Morgan fingerprint density at radius 1 is 0.762 bits per heavy atom. The maximum Gasteiger partial charge on any atom is 0.344 e. The fourth-order valence-corrected chi connectivity index (χ4v) is 5.19. The number of halogens is 1. The molecule has 210 valence electrons. The van der Waals surface area contributed by atoms with Crippen molar-refractivity contribution in [3.63, 3.8) is 0 Å². The Bertz CT molecular complexity index is 1960. The van der Waals surface area contributed by atoms with Gasteiger partial charge in [-0.3, -0.25) is 0 Å². The molecule has 0 atom stereocenters. The highest BCUT2D eigenvalue weighted by Crippen LogP contribution is 2.42. The number of fused-ring (bicyclic) bond motifs is 2. The molecule has 0 unspecified atom stereocenters. The number of hydrogen-bond donors (Lipinski definition) is 2. The van der Waals surface area contributed by atoms with E-state index in [1.165, 1.54) is 7.11 Å². The third-order valence-electron chi connectivity index (χ3n) is 7.06. The molecule has 0 amide bonds. The fourth-order valence-electron chi connectivity index (χ4n) is 5.07. The summed E-state index contributed by atoms with van der Waals surface area (Å²) in [6.07, 6.45) is 0. The van der Waals surface area contributed by atoms with Crippen LogP contribution in [0.3, 0.4) is 0 Å². The van der Waals surface area contributed by atoms with E-state index in [9.17, 15) is 19.8 Å². The van der Waals surface area contributed by atoms with E-state index in [2.05, 4.69) is 0 Å². The van der Waals surface area contributed by atoms with Gasteiger partial charge in [-0.1, -0.05) is 41.9 Å². The SMILES string of the molecule is COc1ccc(C(c2c(O)c3ccccc3oc2=O)c2c(O)c3ccccc3oc2=O)cc1COc1ccc(Cl)cc1. The molecule has 0 fully saturated rings. The van der Waals surface area contributed by atoms with E-state index in [0.717, 1.165) is 0 Å². The molecule has 6 aromatic rings. The van der Waals surface area contributed by atoms with E-state index >= 15 is 0 Å². The van der Waals surface area contributed by atoms with Crippen molar-refractivity contribution in [3.8, 4) is 23.0 Å². The quantitative estimate of drug-likeness (QED) is 0.199. The van der Waals surface area contributed by atoms with Crippen molar-refractivity contribution in [1.29, 1.82) is 0 Å². The summed E-state index contributed by atoms with van der Waals surface area (Å²) in [6.45, 7) is 0.0575. The van der Waals surface area contributed by atoms with Crippen LogP contribution < -0.4 is 20.7 Å². The average molecular weight is 583 g/mol. The first kappa shape index (κ1) is 27.0. The highest BCUT2D eigenvalue weighted by Gasteiger charge is 2.33. The number of para-hydroxylation sites is 2. The largest absolute Gasteiger partial charge is 0.507 e. The Morgan fingerprint density at radius 3 is 1.86 bits per heavy atom. The highest BCUT2D eigenvalue weighted by atomic mass is 35.5. The molecular formula is C33H23ClO8. The maximum atomic E-state index is 13.5. The van der Waals surface area contributed by atoms with Crippen LogP contribution in [0.25, 0.3) is 21.9 Å². The minimum absolute atomic E-state index is 0.0575. The van der Waals surface area contributed by atoms with Gasteiger partial charge in [-0.2, -0.15) is 0 Å². The van der Waals surface area contributed by atoms with Crippen molar-refractivity contribution in [2.24, 2.45) is 0 Å². The van der Waals surface area contributed by atoms with Gasteiger partial charge in [0.25, 0.3) is 0 Å². The minimum atomic E-state index is -1.29. The van der Waals surface area contributed by atoms with Gasteiger partial charge in [-0.25, -0.2) is 9.59 Å². The summed E-state index contributed by atoms with van der Waals surface area (Å²) in [5.74, 6) is -1.01. The summed E-state index contributed by atoms with van der Waals surface area (Å²) in [5.41, 5.74) is -0.933. The summed E-state index contributed by atoms with van der Waals surface area (Å²) in [7, 11) is 1.51. The number of rotatable bonds is 7. The second-order valence-corrected chi connectivity index (χ2v) is 9.98. The molecule has 0 aliphatic carbocycles. The van der Waals surface area contributed by atoms with Gasteiger partial charge in [0.1, 0.15) is 40.8 Å². The molecule has 0 aliphatic rings. The standard InChI is InChI=1S/C33H23ClO8/c1-39-24-15-10-18(16-19(24)17-40-21-13-11-20(34)12-14-21)27(28-30(35)22-6-2-4-8-25(22)41-32(28)37)29-31(36)23-7-3-5-9-26(23)42-33(29)38/h2-16,27,35-36H,17H2,1H3. The Morgan fingerprint density at radius 2 is 1.31 bits per heavy atom. The molecule has 0 aliphatic heterocycles. The number of hydrogen-bond acceptors (Lipinski definition) is 8. The predicted octanol–water partition coefficient (Wildman–Crippen LogP) is 6.73. The second kappa shape index (κ2) is 11.0. The van der Waals surface area contributed by atoms with Gasteiger partial charge in [0.05, 0.1) is 34.9 Å². The molecule has 4 aromatic carbocycles. The van der Waals surface area contributed by atoms with Crippen LogP contribution in [0.4, 0.5) is 0 Å². The molecule has 42 heavy (non-hydrogen) atoms. The molecule has 8 nitrogen and oxygen atoms in total. The first-order valence-corrected chi connectivity index (χ1v) is 13.3. The molecule has 2 N–H and O–H groups in total. The summed E-state index contributed by atoms with van der Waals surface area (Å²) in [4.78, 5) is 26.9. The molecule has 0 bridgehead atoms. The third kappa shape index (κ3) is 4.82. The summed E-state index contributed by atoms with van der Waals surface area (Å²) >= 11 is 5.99. The average Bonchev–Trinajstić information content (AvgIpc) is 3.00. The van der Waals surface area contributed by atoms with Crippen molar-refractivity contribution in [2.45, 2.75) is 12.5 Å². The van der Waals surface area contributed by atoms with Crippen LogP contribution in [0.5, 0.6) is 23.0 Å². The van der Waals surface area contributed by atoms with E-state index in [1.54, 1.807) is 91.0 Å². The van der Waals surface area contributed by atoms with Gasteiger partial charge < -0.3 is 28.5 Å². The molecule has 0 spiro atoms. The zero-order valence-corrected chi connectivity index (χ0v) is 22.9. The van der Waals surface area contributed by atoms with Gasteiger partial charge in [0.15, 0.2) is 0 Å². The molecule has 0 saturated heterocycles. The Balaban J connectivity index is 1.59. The van der Waals surface area contributed by atoms with Crippen LogP contribution in [0.15, 0.2) is 109 Å². The number of methoxy groups -OCH3 is 1. The van der Waals surface area contributed by atoms with Crippen LogP contribution in [-0.4, -0.2) is 17.3 Å². The summed E-state index contributed by atoms with van der Waals surface area (Å²) in [5, 5.41) is 24.0. The van der Waals surface area contributed by atoms with E-state index in [4.69, 9.17) is 29.9 Å². The number of aromatic hydroxyl groups is 2. The topological polar surface area (TPSA) is 119 Å². The van der Waals surface area contributed by atoms with Gasteiger partial charge in [0.2, 0.25) is 0 Å². The normalized spacial score (nSPS) is 11.3. The number of benzene rings is 4. The smallest absolute Gasteiger partial charge is 0.344 e. The van der Waals surface area contributed by atoms with Crippen LogP contribution in [0, 0.1) is 0 Å². The van der Waals surface area contributed by atoms with Crippen LogP contribution in [-0.2, 0) is 6.61 Å². The number of ether oxygens (including phenoxy) is 2. The van der Waals surface area contributed by atoms with Gasteiger partial charge in [-0.15, -0.1) is 0 Å². The van der Waals surface area contributed by atoms with E-state index in [-0.39, 0.29) is 51.2 Å². The van der Waals surface area contributed by atoms with Crippen molar-refractivity contribution >= 4 is 33.5 Å². The van der Waals surface area contributed by atoms with Gasteiger partial charge >= 0.3 is 11.3 Å². The van der Waals surface area contributed by atoms with Crippen LogP contribution >= 0.6 is 11.6 Å². The fraction of sp³-hybridized carbons (Fsp3) is 0.0909. The minimum Gasteiger partial charge on any atom is -0.507 e. The molecule has 2 aromatic heterocycles. The monoisotopic (exact) mass is 582 g/mol. The van der Waals surface area contributed by atoms with E-state index in [0.29, 0.717) is 27.6 Å². The van der Waals surface area contributed by atoms with Crippen LogP contribution in [0.1, 0.15) is 28.2 Å². The van der Waals surface area contributed by atoms with E-state index in [1.807, 2.05) is 0 Å². The molecular weight excluding hydrogens is 560 g/mol. The van der Waals surface area contributed by atoms with Gasteiger partial charge in [-0.05, 0) is 66.2 Å². The van der Waals surface area contributed by atoms with Gasteiger partial charge in [0, 0.05) is 10.6 Å². The summed E-state index contributed by atoms with van der Waals surface area (Å²) in [6, 6.07) is 24.8. The van der Waals surface area contributed by atoms with Crippen molar-refractivity contribution in [1.82, 2.24) is 0 Å². The molecule has 0 saturated carbocycles. The van der Waals surface area contributed by atoms with Crippen molar-refractivity contribution in [3.05, 3.63) is 139 Å². The maximum absolute atomic E-state index is 13.5.